The van der Waals surface area contributed by atoms with Crippen LogP contribution in [-0.4, -0.2) is 31.2 Å². The second-order valence-corrected chi connectivity index (χ2v) is 5.62. The van der Waals surface area contributed by atoms with E-state index in [4.69, 9.17) is 10.1 Å². The van der Waals surface area contributed by atoms with Crippen LogP contribution in [-0.2, 0) is 4.79 Å². The van der Waals surface area contributed by atoms with E-state index < -0.39 is 0 Å². The smallest absolute Gasteiger partial charge is 0.157 e. The van der Waals surface area contributed by atoms with Crippen molar-refractivity contribution in [1.82, 2.24) is 5.32 Å². The Morgan fingerprint density at radius 3 is 2.77 bits per heavy atom. The van der Waals surface area contributed by atoms with Gasteiger partial charge >= 0.3 is 0 Å². The summed E-state index contributed by atoms with van der Waals surface area (Å²) in [5.41, 5.74) is 4.29. The van der Waals surface area contributed by atoms with Gasteiger partial charge in [0.15, 0.2) is 5.78 Å². The number of benzene rings is 1. The number of carbonyl (C=O) groups excluding carboxylic acids is 1. The van der Waals surface area contributed by atoms with Gasteiger partial charge in [0.25, 0.3) is 0 Å². The number of nitrogens with one attached hydrogen (secondary N) is 2. The molecule has 1 aliphatic rings. The lowest BCUT2D eigenvalue weighted by Crippen LogP contribution is -2.27. The second kappa shape index (κ2) is 7.36. The first-order valence-corrected chi connectivity index (χ1v) is 7.81. The minimum absolute atomic E-state index is 0.116. The Morgan fingerprint density at radius 2 is 2.14 bits per heavy atom. The van der Waals surface area contributed by atoms with Crippen molar-refractivity contribution in [2.24, 2.45) is 0 Å². The number of ketones is 1. The first-order valence-electron chi connectivity index (χ1n) is 7.81. The van der Waals surface area contributed by atoms with Gasteiger partial charge in [-0.05, 0) is 56.5 Å². The Labute approximate surface area is 132 Å². The third-order valence-corrected chi connectivity index (χ3v) is 3.84. The van der Waals surface area contributed by atoms with Gasteiger partial charge in [0.05, 0.1) is 6.61 Å². The van der Waals surface area contributed by atoms with E-state index in [1.54, 1.807) is 13.8 Å². The zero-order chi connectivity index (χ0) is 16.1. The number of hydrogen-bond acceptors (Lipinski definition) is 4. The molecule has 1 heterocycles. The highest BCUT2D eigenvalue weighted by Crippen LogP contribution is 2.30. The second-order valence-electron chi connectivity index (χ2n) is 5.62. The summed E-state index contributed by atoms with van der Waals surface area (Å²) >= 11 is 0. The van der Waals surface area contributed by atoms with Crippen LogP contribution in [0.1, 0.15) is 44.7 Å². The van der Waals surface area contributed by atoms with Crippen LogP contribution >= 0.6 is 0 Å². The van der Waals surface area contributed by atoms with E-state index in [0.717, 1.165) is 47.4 Å². The molecule has 0 amide bonds. The van der Waals surface area contributed by atoms with Crippen molar-refractivity contribution < 1.29 is 9.53 Å². The van der Waals surface area contributed by atoms with Gasteiger partial charge in [0.2, 0.25) is 0 Å². The van der Waals surface area contributed by atoms with Gasteiger partial charge in [0.1, 0.15) is 5.75 Å². The molecule has 4 heteroatoms. The van der Waals surface area contributed by atoms with E-state index in [-0.39, 0.29) is 5.78 Å². The number of rotatable bonds is 6. The molecule has 1 aromatic rings. The summed E-state index contributed by atoms with van der Waals surface area (Å²) in [5.74, 6) is 0.853. The van der Waals surface area contributed by atoms with Crippen LogP contribution in [0.3, 0.4) is 0 Å². The Balaban J connectivity index is 2.47. The predicted octanol–water partition coefficient (Wildman–Crippen LogP) is 3.20. The third kappa shape index (κ3) is 3.63. The highest BCUT2D eigenvalue weighted by molar-refractivity contribution is 6.03. The molecule has 0 unspecified atom stereocenters. The van der Waals surface area contributed by atoms with Gasteiger partial charge in [-0.25, -0.2) is 0 Å². The number of ether oxygens (including phenoxy) is 1. The quantitative estimate of drug-likeness (QED) is 0.793. The maximum Gasteiger partial charge on any atom is 0.157 e. The maximum absolute atomic E-state index is 11.9. The van der Waals surface area contributed by atoms with Crippen molar-refractivity contribution in [1.29, 1.82) is 5.41 Å². The zero-order valence-corrected chi connectivity index (χ0v) is 13.6. The third-order valence-electron chi connectivity index (χ3n) is 3.84. The molecule has 118 valence electrons. The molecule has 1 aliphatic heterocycles. The fourth-order valence-corrected chi connectivity index (χ4v) is 2.69. The maximum atomic E-state index is 11.9. The summed E-state index contributed by atoms with van der Waals surface area (Å²) in [5, 5.41) is 11.1. The van der Waals surface area contributed by atoms with E-state index in [1.165, 1.54) is 0 Å². The number of hydrogen-bond donors (Lipinski definition) is 2. The summed E-state index contributed by atoms with van der Waals surface area (Å²) in [4.78, 5) is 11.9. The van der Waals surface area contributed by atoms with Crippen molar-refractivity contribution in [3.63, 3.8) is 0 Å². The molecule has 0 bridgehead atoms. The molecule has 0 aliphatic carbocycles. The van der Waals surface area contributed by atoms with Gasteiger partial charge in [-0.15, -0.1) is 0 Å². The van der Waals surface area contributed by atoms with Gasteiger partial charge < -0.3 is 15.5 Å². The monoisotopic (exact) mass is 300 g/mol. The molecular formula is C18H24N2O2. The van der Waals surface area contributed by atoms with E-state index in [1.807, 2.05) is 18.2 Å². The van der Waals surface area contributed by atoms with Crippen LogP contribution in [0.15, 0.2) is 23.8 Å². The Morgan fingerprint density at radius 1 is 1.36 bits per heavy atom. The van der Waals surface area contributed by atoms with E-state index in [2.05, 4.69) is 12.2 Å². The topological polar surface area (TPSA) is 62.2 Å². The van der Waals surface area contributed by atoms with Crippen LogP contribution in [0.2, 0.25) is 0 Å². The Hall–Kier alpha value is -1.94. The largest absolute Gasteiger partial charge is 0.493 e. The van der Waals surface area contributed by atoms with Crippen molar-refractivity contribution >= 4 is 17.1 Å². The van der Waals surface area contributed by atoms with Crippen LogP contribution in [0.5, 0.6) is 5.75 Å². The summed E-state index contributed by atoms with van der Waals surface area (Å²) in [6.07, 6.45) is 1.76. The molecule has 4 nitrogen and oxygen atoms in total. The molecular weight excluding hydrogens is 276 g/mol. The number of Topliss-reactive ketones (excluding diaryl/α,β-unsaturated/α-hetero) is 1. The molecule has 2 N–H and O–H groups in total. The highest BCUT2D eigenvalue weighted by Gasteiger charge is 2.18. The van der Waals surface area contributed by atoms with Gasteiger partial charge in [-0.1, -0.05) is 13.0 Å². The summed E-state index contributed by atoms with van der Waals surface area (Å²) in [6, 6.07) is 5.90. The Bertz CT molecular complexity index is 618. The zero-order valence-electron chi connectivity index (χ0n) is 13.6. The molecule has 0 saturated heterocycles. The van der Waals surface area contributed by atoms with Crippen molar-refractivity contribution in [2.75, 3.05) is 19.7 Å². The lowest BCUT2D eigenvalue weighted by Gasteiger charge is -2.21. The van der Waals surface area contributed by atoms with Crippen molar-refractivity contribution in [3.05, 3.63) is 34.9 Å². The van der Waals surface area contributed by atoms with E-state index in [0.29, 0.717) is 18.9 Å². The minimum Gasteiger partial charge on any atom is -0.493 e. The SMILES string of the molecule is CCCOc1cc(C2=C(C(C)=O)CNCC2)ccc1C(C)=N. The number of carbonyl (C=O) groups is 1. The highest BCUT2D eigenvalue weighted by atomic mass is 16.5. The summed E-state index contributed by atoms with van der Waals surface area (Å²) in [7, 11) is 0. The standard InChI is InChI=1S/C18H24N2O2/c1-4-9-22-18-10-14(5-6-15(18)12(2)19)16-7-8-20-11-17(16)13(3)21/h5-6,10,19-20H,4,7-9,11H2,1-3H3. The lowest BCUT2D eigenvalue weighted by molar-refractivity contribution is -0.113. The first kappa shape index (κ1) is 16.4. The average Bonchev–Trinajstić information content (AvgIpc) is 2.52. The van der Waals surface area contributed by atoms with Crippen LogP contribution < -0.4 is 10.1 Å². The van der Waals surface area contributed by atoms with Gasteiger partial charge in [0, 0.05) is 23.4 Å². The van der Waals surface area contributed by atoms with Gasteiger partial charge in [-0.3, -0.25) is 4.79 Å². The molecule has 0 fully saturated rings. The molecule has 0 aromatic heterocycles. The molecule has 0 spiro atoms. The molecule has 1 aromatic carbocycles. The Kier molecular flexibility index (Phi) is 5.50. The molecule has 0 saturated carbocycles. The fourth-order valence-electron chi connectivity index (χ4n) is 2.69. The predicted molar refractivity (Wildman–Crippen MR) is 89.8 cm³/mol. The fraction of sp³-hybridized carbons (Fsp3) is 0.444. The summed E-state index contributed by atoms with van der Waals surface area (Å²) < 4.78 is 5.81. The first-order chi connectivity index (χ1) is 10.5. The summed E-state index contributed by atoms with van der Waals surface area (Å²) in [6.45, 7) is 7.57. The lowest BCUT2D eigenvalue weighted by atomic mass is 9.91. The van der Waals surface area contributed by atoms with Crippen LogP contribution in [0.25, 0.3) is 5.57 Å². The van der Waals surface area contributed by atoms with Crippen LogP contribution in [0, 0.1) is 5.41 Å². The van der Waals surface area contributed by atoms with Gasteiger partial charge in [-0.2, -0.15) is 0 Å². The minimum atomic E-state index is 0.116. The van der Waals surface area contributed by atoms with Crippen molar-refractivity contribution in [2.45, 2.75) is 33.6 Å². The van der Waals surface area contributed by atoms with E-state index >= 15 is 0 Å². The normalized spacial score (nSPS) is 14.9. The van der Waals surface area contributed by atoms with Crippen molar-refractivity contribution in [3.8, 4) is 5.75 Å². The van der Waals surface area contributed by atoms with E-state index in [9.17, 15) is 4.79 Å². The van der Waals surface area contributed by atoms with Crippen LogP contribution in [0.4, 0.5) is 0 Å². The average molecular weight is 300 g/mol. The molecule has 2 rings (SSSR count). The molecule has 22 heavy (non-hydrogen) atoms. The molecule has 0 radical (unpaired) electrons. The molecule has 0 atom stereocenters.